The first-order valence-corrected chi connectivity index (χ1v) is 5.93. The van der Waals surface area contributed by atoms with Gasteiger partial charge in [0.15, 0.2) is 0 Å². The van der Waals surface area contributed by atoms with E-state index in [-0.39, 0.29) is 30.5 Å². The molecule has 0 saturated carbocycles. The van der Waals surface area contributed by atoms with Crippen LogP contribution in [-0.2, 0) is 16.0 Å². The third-order valence-corrected chi connectivity index (χ3v) is 2.29. The molecule has 0 atom stereocenters. The summed E-state index contributed by atoms with van der Waals surface area (Å²) in [5.74, 6) is -0.311. The molecule has 0 unspecified atom stereocenters. The zero-order chi connectivity index (χ0) is 13.4. The van der Waals surface area contributed by atoms with Crippen molar-refractivity contribution in [3.05, 3.63) is 29.8 Å². The molecular formula is C13H18N2O3. The molecule has 0 aromatic heterocycles. The molecule has 0 aliphatic carbocycles. The number of hydrogen-bond donors (Lipinski definition) is 3. The van der Waals surface area contributed by atoms with E-state index in [1.807, 2.05) is 6.92 Å². The minimum absolute atomic E-state index is 0.0162. The van der Waals surface area contributed by atoms with E-state index in [1.54, 1.807) is 18.2 Å². The van der Waals surface area contributed by atoms with Gasteiger partial charge >= 0.3 is 0 Å². The van der Waals surface area contributed by atoms with Crippen LogP contribution in [0, 0.1) is 0 Å². The second kappa shape index (κ2) is 7.32. The van der Waals surface area contributed by atoms with Crippen LogP contribution in [0.5, 0.6) is 5.75 Å². The Morgan fingerprint density at radius 2 is 2.00 bits per heavy atom. The molecule has 2 amide bonds. The van der Waals surface area contributed by atoms with Crippen molar-refractivity contribution in [1.29, 1.82) is 0 Å². The van der Waals surface area contributed by atoms with E-state index in [2.05, 4.69) is 10.6 Å². The fraction of sp³-hybridized carbons (Fsp3) is 0.385. The van der Waals surface area contributed by atoms with Crippen molar-refractivity contribution >= 4 is 11.8 Å². The van der Waals surface area contributed by atoms with Gasteiger partial charge in [0.25, 0.3) is 0 Å². The van der Waals surface area contributed by atoms with Crippen LogP contribution in [0.1, 0.15) is 18.9 Å². The van der Waals surface area contributed by atoms with Gasteiger partial charge in [0.1, 0.15) is 5.75 Å². The van der Waals surface area contributed by atoms with Crippen molar-refractivity contribution in [2.75, 3.05) is 13.1 Å². The predicted molar refractivity (Wildman–Crippen MR) is 68.1 cm³/mol. The van der Waals surface area contributed by atoms with E-state index in [0.717, 1.165) is 6.42 Å². The van der Waals surface area contributed by atoms with Gasteiger partial charge in [-0.15, -0.1) is 0 Å². The fourth-order valence-corrected chi connectivity index (χ4v) is 1.42. The van der Waals surface area contributed by atoms with Crippen molar-refractivity contribution in [2.45, 2.75) is 19.8 Å². The van der Waals surface area contributed by atoms with Crippen molar-refractivity contribution in [3.63, 3.8) is 0 Å². The molecule has 1 aromatic carbocycles. The largest absolute Gasteiger partial charge is 0.508 e. The van der Waals surface area contributed by atoms with E-state index in [1.165, 1.54) is 6.07 Å². The first kappa shape index (κ1) is 14.0. The van der Waals surface area contributed by atoms with Crippen LogP contribution in [0.15, 0.2) is 24.3 Å². The molecule has 0 fully saturated rings. The second-order valence-corrected chi connectivity index (χ2v) is 3.97. The van der Waals surface area contributed by atoms with E-state index < -0.39 is 0 Å². The number of nitrogens with one attached hydrogen (secondary N) is 2. The zero-order valence-corrected chi connectivity index (χ0v) is 10.4. The second-order valence-electron chi connectivity index (χ2n) is 3.97. The maximum Gasteiger partial charge on any atom is 0.239 e. The first-order valence-electron chi connectivity index (χ1n) is 5.93. The SMILES string of the molecule is CCCNC(=O)CNC(=O)Cc1cccc(O)c1. The minimum Gasteiger partial charge on any atom is -0.508 e. The number of hydrogen-bond acceptors (Lipinski definition) is 3. The van der Waals surface area contributed by atoms with Gasteiger partial charge in [-0.3, -0.25) is 9.59 Å². The average Bonchev–Trinajstić information content (AvgIpc) is 2.34. The molecule has 0 radical (unpaired) electrons. The summed E-state index contributed by atoms with van der Waals surface area (Å²) in [6.07, 6.45) is 1.01. The lowest BCUT2D eigenvalue weighted by molar-refractivity contribution is -0.125. The van der Waals surface area contributed by atoms with Crippen LogP contribution < -0.4 is 10.6 Å². The van der Waals surface area contributed by atoms with Crippen molar-refractivity contribution in [3.8, 4) is 5.75 Å². The molecular weight excluding hydrogens is 232 g/mol. The molecule has 1 aromatic rings. The number of phenolic OH excluding ortho intramolecular Hbond substituents is 1. The van der Waals surface area contributed by atoms with Crippen LogP contribution in [0.25, 0.3) is 0 Å². The van der Waals surface area contributed by atoms with E-state index in [0.29, 0.717) is 12.1 Å². The van der Waals surface area contributed by atoms with Crippen molar-refractivity contribution in [1.82, 2.24) is 10.6 Å². The topological polar surface area (TPSA) is 78.4 Å². The van der Waals surface area contributed by atoms with Crippen molar-refractivity contribution < 1.29 is 14.7 Å². The molecule has 0 heterocycles. The Hall–Kier alpha value is -2.04. The standard InChI is InChI=1S/C13H18N2O3/c1-2-6-14-13(18)9-15-12(17)8-10-4-3-5-11(16)7-10/h3-5,7,16H,2,6,8-9H2,1H3,(H,14,18)(H,15,17). The smallest absolute Gasteiger partial charge is 0.239 e. The lowest BCUT2D eigenvalue weighted by atomic mass is 10.1. The van der Waals surface area contributed by atoms with Crippen LogP contribution in [0.4, 0.5) is 0 Å². The predicted octanol–water partition coefficient (Wildman–Crippen LogP) is 0.577. The normalized spacial score (nSPS) is 9.83. The summed E-state index contributed by atoms with van der Waals surface area (Å²) >= 11 is 0. The van der Waals surface area contributed by atoms with Crippen molar-refractivity contribution in [2.24, 2.45) is 0 Å². The first-order chi connectivity index (χ1) is 8.61. The third kappa shape index (κ3) is 5.34. The lowest BCUT2D eigenvalue weighted by Gasteiger charge is -2.06. The number of aromatic hydroxyl groups is 1. The summed E-state index contributed by atoms with van der Waals surface area (Å²) in [4.78, 5) is 22.8. The maximum atomic E-state index is 11.5. The fourth-order valence-electron chi connectivity index (χ4n) is 1.42. The Kier molecular flexibility index (Phi) is 5.70. The van der Waals surface area contributed by atoms with E-state index in [9.17, 15) is 14.7 Å². The van der Waals surface area contributed by atoms with Gasteiger partial charge in [0, 0.05) is 6.54 Å². The highest BCUT2D eigenvalue weighted by atomic mass is 16.3. The molecule has 0 bridgehead atoms. The third-order valence-electron chi connectivity index (χ3n) is 2.29. The highest BCUT2D eigenvalue weighted by Gasteiger charge is 2.06. The van der Waals surface area contributed by atoms with Gasteiger partial charge < -0.3 is 15.7 Å². The summed E-state index contributed by atoms with van der Waals surface area (Å²) in [7, 11) is 0. The Labute approximate surface area is 106 Å². The molecule has 18 heavy (non-hydrogen) atoms. The van der Waals surface area contributed by atoms with Crippen LogP contribution in [0.2, 0.25) is 0 Å². The number of amides is 2. The summed E-state index contributed by atoms with van der Waals surface area (Å²) in [6, 6.07) is 6.48. The quantitative estimate of drug-likeness (QED) is 0.691. The van der Waals surface area contributed by atoms with Gasteiger partial charge in [0.05, 0.1) is 13.0 Å². The molecule has 0 spiro atoms. The maximum absolute atomic E-state index is 11.5. The van der Waals surface area contributed by atoms with Crippen LogP contribution in [0.3, 0.4) is 0 Å². The average molecular weight is 250 g/mol. The molecule has 1 rings (SSSR count). The highest BCUT2D eigenvalue weighted by molar-refractivity contribution is 5.85. The number of carbonyl (C=O) groups is 2. The van der Waals surface area contributed by atoms with Gasteiger partial charge in [-0.2, -0.15) is 0 Å². The Bertz CT molecular complexity index is 418. The van der Waals surface area contributed by atoms with Gasteiger partial charge in [0.2, 0.25) is 11.8 Å². The summed E-state index contributed by atoms with van der Waals surface area (Å²) in [6.45, 7) is 2.56. The molecule has 5 heteroatoms. The monoisotopic (exact) mass is 250 g/mol. The van der Waals surface area contributed by atoms with Crippen LogP contribution in [-0.4, -0.2) is 30.0 Å². The van der Waals surface area contributed by atoms with E-state index >= 15 is 0 Å². The lowest BCUT2D eigenvalue weighted by Crippen LogP contribution is -2.37. The van der Waals surface area contributed by atoms with Crippen LogP contribution >= 0.6 is 0 Å². The minimum atomic E-state index is -0.243. The Balaban J connectivity index is 2.31. The molecule has 0 aliphatic heterocycles. The van der Waals surface area contributed by atoms with Gasteiger partial charge in [-0.25, -0.2) is 0 Å². The highest BCUT2D eigenvalue weighted by Crippen LogP contribution is 2.10. The summed E-state index contributed by atoms with van der Waals surface area (Å²) < 4.78 is 0. The zero-order valence-electron chi connectivity index (χ0n) is 10.4. The number of phenols is 1. The molecule has 3 N–H and O–H groups in total. The number of benzene rings is 1. The molecule has 5 nitrogen and oxygen atoms in total. The number of carbonyl (C=O) groups excluding carboxylic acids is 2. The Morgan fingerprint density at radius 1 is 1.22 bits per heavy atom. The Morgan fingerprint density at radius 3 is 2.67 bits per heavy atom. The van der Waals surface area contributed by atoms with Gasteiger partial charge in [-0.05, 0) is 24.1 Å². The summed E-state index contributed by atoms with van der Waals surface area (Å²) in [5.41, 5.74) is 0.710. The molecule has 98 valence electrons. The summed E-state index contributed by atoms with van der Waals surface area (Å²) in [5, 5.41) is 14.4. The molecule has 0 saturated heterocycles. The van der Waals surface area contributed by atoms with Gasteiger partial charge in [-0.1, -0.05) is 19.1 Å². The molecule has 0 aliphatic rings. The number of rotatable bonds is 6. The van der Waals surface area contributed by atoms with E-state index in [4.69, 9.17) is 0 Å².